The SMILES string of the molecule is COc1cc(C=NNC(=O)c2cccc(NC(=O)c3ccccc3Cl)c2)ccc1OC(=O)c1ccc(C)cc1. The number of hydrogen-bond acceptors (Lipinski definition) is 6. The molecule has 0 aliphatic heterocycles. The van der Waals surface area contributed by atoms with Crippen molar-refractivity contribution in [1.82, 2.24) is 5.43 Å². The Labute approximate surface area is 230 Å². The Morgan fingerprint density at radius 2 is 1.59 bits per heavy atom. The fourth-order valence-corrected chi connectivity index (χ4v) is 3.73. The van der Waals surface area contributed by atoms with Gasteiger partial charge >= 0.3 is 5.97 Å². The molecule has 8 nitrogen and oxygen atoms in total. The average Bonchev–Trinajstić information content (AvgIpc) is 2.94. The lowest BCUT2D eigenvalue weighted by Crippen LogP contribution is -2.18. The third kappa shape index (κ3) is 7.09. The minimum Gasteiger partial charge on any atom is -0.493 e. The summed E-state index contributed by atoms with van der Waals surface area (Å²) in [5.41, 5.74) is 5.55. The van der Waals surface area contributed by atoms with Crippen molar-refractivity contribution >= 4 is 41.3 Å². The Balaban J connectivity index is 1.38. The van der Waals surface area contributed by atoms with Crippen molar-refractivity contribution < 1.29 is 23.9 Å². The Hall–Kier alpha value is -4.95. The zero-order chi connectivity index (χ0) is 27.8. The highest BCUT2D eigenvalue weighted by atomic mass is 35.5. The summed E-state index contributed by atoms with van der Waals surface area (Å²) in [7, 11) is 1.46. The van der Waals surface area contributed by atoms with Crippen molar-refractivity contribution in [3.8, 4) is 11.5 Å². The Kier molecular flexibility index (Phi) is 8.71. The molecule has 0 unspecified atom stereocenters. The second-order valence-corrected chi connectivity index (χ2v) is 8.79. The van der Waals surface area contributed by atoms with E-state index >= 15 is 0 Å². The molecule has 4 rings (SSSR count). The van der Waals surface area contributed by atoms with Crippen LogP contribution < -0.4 is 20.2 Å². The molecule has 4 aromatic carbocycles. The van der Waals surface area contributed by atoms with Gasteiger partial charge in [-0.3, -0.25) is 9.59 Å². The first-order valence-electron chi connectivity index (χ1n) is 11.8. The molecule has 9 heteroatoms. The molecule has 4 aromatic rings. The van der Waals surface area contributed by atoms with Crippen LogP contribution in [0.15, 0.2) is 96.1 Å². The lowest BCUT2D eigenvalue weighted by molar-refractivity contribution is 0.0729. The summed E-state index contributed by atoms with van der Waals surface area (Å²) < 4.78 is 10.8. The summed E-state index contributed by atoms with van der Waals surface area (Å²) >= 11 is 6.08. The molecule has 0 aromatic heterocycles. The normalized spacial score (nSPS) is 10.6. The number of ether oxygens (including phenoxy) is 2. The van der Waals surface area contributed by atoms with Gasteiger partial charge in [-0.2, -0.15) is 5.10 Å². The lowest BCUT2D eigenvalue weighted by Gasteiger charge is -2.10. The van der Waals surface area contributed by atoms with Crippen LogP contribution in [-0.4, -0.2) is 31.1 Å². The van der Waals surface area contributed by atoms with E-state index in [4.69, 9.17) is 21.1 Å². The Morgan fingerprint density at radius 3 is 2.33 bits per heavy atom. The first-order valence-corrected chi connectivity index (χ1v) is 12.2. The number of rotatable bonds is 8. The number of hydrazone groups is 1. The van der Waals surface area contributed by atoms with Crippen LogP contribution in [0.25, 0.3) is 0 Å². The van der Waals surface area contributed by atoms with Crippen molar-refractivity contribution in [1.29, 1.82) is 0 Å². The highest BCUT2D eigenvalue weighted by molar-refractivity contribution is 6.34. The summed E-state index contributed by atoms with van der Waals surface area (Å²) in [6.07, 6.45) is 1.43. The molecule has 0 fully saturated rings. The van der Waals surface area contributed by atoms with Crippen LogP contribution in [0.2, 0.25) is 5.02 Å². The maximum absolute atomic E-state index is 12.6. The fraction of sp³-hybridized carbons (Fsp3) is 0.0667. The number of hydrogen-bond donors (Lipinski definition) is 2. The Bertz CT molecular complexity index is 1550. The van der Waals surface area contributed by atoms with Crippen LogP contribution in [0.3, 0.4) is 0 Å². The second kappa shape index (κ2) is 12.5. The number of halogens is 1. The smallest absolute Gasteiger partial charge is 0.343 e. The van der Waals surface area contributed by atoms with E-state index in [2.05, 4.69) is 15.8 Å². The molecule has 0 spiro atoms. The number of benzene rings is 4. The molecule has 0 saturated carbocycles. The van der Waals surface area contributed by atoms with Crippen molar-refractivity contribution in [3.05, 3.63) is 124 Å². The predicted octanol–water partition coefficient (Wildman–Crippen LogP) is 5.89. The van der Waals surface area contributed by atoms with E-state index in [0.29, 0.717) is 38.7 Å². The molecule has 39 heavy (non-hydrogen) atoms. The van der Waals surface area contributed by atoms with E-state index < -0.39 is 17.8 Å². The lowest BCUT2D eigenvalue weighted by atomic mass is 10.1. The van der Waals surface area contributed by atoms with Crippen molar-refractivity contribution in [3.63, 3.8) is 0 Å². The summed E-state index contributed by atoms with van der Waals surface area (Å²) in [5.74, 6) is -0.797. The van der Waals surface area contributed by atoms with Gasteiger partial charge < -0.3 is 14.8 Å². The van der Waals surface area contributed by atoms with Gasteiger partial charge in [0.2, 0.25) is 0 Å². The van der Waals surface area contributed by atoms with Gasteiger partial charge in [0.1, 0.15) is 0 Å². The van der Waals surface area contributed by atoms with Crippen LogP contribution in [-0.2, 0) is 0 Å². The monoisotopic (exact) mass is 541 g/mol. The molecule has 0 aliphatic carbocycles. The minimum absolute atomic E-state index is 0.250. The van der Waals surface area contributed by atoms with Gasteiger partial charge in [-0.25, -0.2) is 10.2 Å². The van der Waals surface area contributed by atoms with Crippen LogP contribution in [0.1, 0.15) is 42.2 Å². The number of carbonyl (C=O) groups is 3. The Morgan fingerprint density at radius 1 is 0.821 bits per heavy atom. The van der Waals surface area contributed by atoms with Crippen LogP contribution in [0.4, 0.5) is 5.69 Å². The first kappa shape index (κ1) is 27.1. The third-order valence-electron chi connectivity index (χ3n) is 5.56. The second-order valence-electron chi connectivity index (χ2n) is 8.38. The summed E-state index contributed by atoms with van der Waals surface area (Å²) in [6, 6.07) is 25.0. The summed E-state index contributed by atoms with van der Waals surface area (Å²) in [5, 5.41) is 7.05. The number of anilines is 1. The van der Waals surface area contributed by atoms with Gasteiger partial charge in [0.15, 0.2) is 11.5 Å². The molecular weight excluding hydrogens is 518 g/mol. The minimum atomic E-state index is -0.507. The number of esters is 1. The highest BCUT2D eigenvalue weighted by Gasteiger charge is 2.14. The molecule has 0 radical (unpaired) electrons. The van der Waals surface area contributed by atoms with Crippen molar-refractivity contribution in [2.24, 2.45) is 5.10 Å². The van der Waals surface area contributed by atoms with Crippen molar-refractivity contribution in [2.45, 2.75) is 6.92 Å². The number of amides is 2. The van der Waals surface area contributed by atoms with Gasteiger partial charge in [-0.15, -0.1) is 0 Å². The number of nitrogens with zero attached hydrogens (tertiary/aromatic N) is 1. The quantitative estimate of drug-likeness (QED) is 0.125. The summed E-state index contributed by atoms with van der Waals surface area (Å²) in [6.45, 7) is 1.93. The third-order valence-corrected chi connectivity index (χ3v) is 5.89. The van der Waals surface area contributed by atoms with Gasteiger partial charge in [0.05, 0.1) is 29.5 Å². The molecule has 2 N–H and O–H groups in total. The maximum Gasteiger partial charge on any atom is 0.343 e. The van der Waals surface area contributed by atoms with Gasteiger partial charge in [0, 0.05) is 11.3 Å². The molecule has 0 aliphatic rings. The van der Waals surface area contributed by atoms with E-state index in [1.807, 2.05) is 19.1 Å². The largest absolute Gasteiger partial charge is 0.493 e. The molecule has 0 atom stereocenters. The highest BCUT2D eigenvalue weighted by Crippen LogP contribution is 2.28. The average molecular weight is 542 g/mol. The van der Waals surface area contributed by atoms with Gasteiger partial charge in [0.25, 0.3) is 11.8 Å². The maximum atomic E-state index is 12.6. The number of aryl methyl sites for hydroxylation is 1. The molecular formula is C30H24ClN3O5. The molecule has 2 amide bonds. The zero-order valence-electron chi connectivity index (χ0n) is 21.1. The molecule has 196 valence electrons. The van der Waals surface area contributed by atoms with Crippen LogP contribution >= 0.6 is 11.6 Å². The molecule has 0 saturated heterocycles. The number of methoxy groups -OCH3 is 1. The molecule has 0 heterocycles. The van der Waals surface area contributed by atoms with E-state index in [1.165, 1.54) is 19.4 Å². The van der Waals surface area contributed by atoms with E-state index in [0.717, 1.165) is 5.56 Å². The van der Waals surface area contributed by atoms with E-state index in [1.54, 1.807) is 72.8 Å². The number of nitrogens with one attached hydrogen (secondary N) is 2. The first-order chi connectivity index (χ1) is 18.8. The molecule has 0 bridgehead atoms. The van der Waals surface area contributed by atoms with Gasteiger partial charge in [-0.05, 0) is 73.2 Å². The fourth-order valence-electron chi connectivity index (χ4n) is 3.51. The number of carbonyl (C=O) groups excluding carboxylic acids is 3. The topological polar surface area (TPSA) is 106 Å². The predicted molar refractivity (Wildman–Crippen MR) is 150 cm³/mol. The van der Waals surface area contributed by atoms with E-state index in [9.17, 15) is 14.4 Å². The van der Waals surface area contributed by atoms with Crippen molar-refractivity contribution in [2.75, 3.05) is 12.4 Å². The zero-order valence-corrected chi connectivity index (χ0v) is 21.9. The summed E-state index contributed by atoms with van der Waals surface area (Å²) in [4.78, 5) is 37.6. The standard InChI is InChI=1S/C30H24ClN3O5/c1-19-10-13-21(14-11-19)30(37)39-26-15-12-20(16-27(26)38-2)18-32-34-28(35)22-6-5-7-23(17-22)33-29(36)24-8-3-4-9-25(24)31/h3-18H,1-2H3,(H,33,36)(H,34,35). The van der Waals surface area contributed by atoms with Gasteiger partial charge in [-0.1, -0.05) is 47.5 Å². The van der Waals surface area contributed by atoms with Crippen LogP contribution in [0, 0.1) is 6.92 Å². The van der Waals surface area contributed by atoms with Crippen LogP contribution in [0.5, 0.6) is 11.5 Å². The van der Waals surface area contributed by atoms with E-state index in [-0.39, 0.29) is 5.75 Å².